The maximum Gasteiger partial charge on any atom is 0.308 e. The number of hydrogen-bond donors (Lipinski definition) is 0. The molecule has 2 rings (SSSR count). The van der Waals surface area contributed by atoms with Gasteiger partial charge >= 0.3 is 5.97 Å². The summed E-state index contributed by atoms with van der Waals surface area (Å²) in [4.78, 5) is 11.4. The van der Waals surface area contributed by atoms with E-state index in [-0.39, 0.29) is 18.4 Å². The molecule has 0 aromatic heterocycles. The topological polar surface area (TPSA) is 57.3 Å². The van der Waals surface area contributed by atoms with Crippen molar-refractivity contribution in [1.29, 1.82) is 0 Å². The van der Waals surface area contributed by atoms with Crippen molar-refractivity contribution < 1.29 is 23.7 Å². The van der Waals surface area contributed by atoms with Gasteiger partial charge < -0.3 is 18.9 Å². The fraction of sp³-hybridized carbons (Fsp3) is 0.562. The third kappa shape index (κ3) is 3.74. The summed E-state index contributed by atoms with van der Waals surface area (Å²) in [7, 11) is 1.58. The number of aryl methyl sites for hydroxylation is 1. The molecule has 5 nitrogen and oxygen atoms in total. The molecule has 0 bridgehead atoms. The van der Waals surface area contributed by atoms with Gasteiger partial charge in [-0.05, 0) is 38.0 Å². The quantitative estimate of drug-likeness (QED) is 0.349. The highest BCUT2D eigenvalue weighted by Gasteiger charge is 2.41. The van der Waals surface area contributed by atoms with Crippen molar-refractivity contribution in [2.75, 3.05) is 20.5 Å². The molecule has 5 heteroatoms. The van der Waals surface area contributed by atoms with E-state index >= 15 is 0 Å². The van der Waals surface area contributed by atoms with Crippen molar-refractivity contribution in [3.05, 3.63) is 22.8 Å². The van der Waals surface area contributed by atoms with Crippen LogP contribution >= 0.6 is 0 Å². The molecule has 1 fully saturated rings. The second-order valence-corrected chi connectivity index (χ2v) is 5.68. The normalized spacial score (nSPS) is 20.2. The lowest BCUT2D eigenvalue weighted by atomic mass is 9.94. The first-order chi connectivity index (χ1) is 9.86. The Morgan fingerprint density at radius 3 is 2.62 bits per heavy atom. The molecular formula is C16H22O5. The molecule has 1 atom stereocenters. The van der Waals surface area contributed by atoms with Crippen molar-refractivity contribution >= 4 is 5.97 Å². The third-order valence-electron chi connectivity index (χ3n) is 3.57. The van der Waals surface area contributed by atoms with E-state index in [1.807, 2.05) is 26.8 Å². The number of methoxy groups -OCH3 is 1. The first-order valence-electron chi connectivity index (χ1n) is 6.93. The van der Waals surface area contributed by atoms with Crippen LogP contribution < -0.4 is 9.47 Å². The summed E-state index contributed by atoms with van der Waals surface area (Å²) in [6.45, 7) is 8.20. The Hall–Kier alpha value is -1.59. The summed E-state index contributed by atoms with van der Waals surface area (Å²) in [6, 6.07) is 1.87. The van der Waals surface area contributed by atoms with Crippen LogP contribution in [-0.2, 0) is 20.7 Å². The van der Waals surface area contributed by atoms with Gasteiger partial charge in [0.15, 0.2) is 6.79 Å². The molecule has 1 saturated heterocycles. The lowest BCUT2D eigenvalue weighted by Gasteiger charge is -2.19. The van der Waals surface area contributed by atoms with Crippen LogP contribution in [0.3, 0.4) is 0 Å². The number of epoxide rings is 1. The Bertz CT molecular complexity index is 546. The van der Waals surface area contributed by atoms with Crippen LogP contribution in [0.1, 0.15) is 30.5 Å². The zero-order chi connectivity index (χ0) is 15.6. The van der Waals surface area contributed by atoms with Crippen molar-refractivity contribution in [1.82, 2.24) is 0 Å². The van der Waals surface area contributed by atoms with Crippen molar-refractivity contribution in [3.63, 3.8) is 0 Å². The van der Waals surface area contributed by atoms with Gasteiger partial charge in [0.25, 0.3) is 0 Å². The van der Waals surface area contributed by atoms with E-state index in [4.69, 9.17) is 18.9 Å². The molecule has 0 radical (unpaired) electrons. The monoisotopic (exact) mass is 294 g/mol. The Kier molecular flexibility index (Phi) is 4.54. The average molecular weight is 294 g/mol. The first kappa shape index (κ1) is 15.8. The van der Waals surface area contributed by atoms with Gasteiger partial charge in [-0.3, -0.25) is 4.79 Å². The number of carbonyl (C=O) groups excluding carboxylic acids is 1. The molecule has 1 aromatic rings. The predicted molar refractivity (Wildman–Crippen MR) is 77.8 cm³/mol. The minimum atomic E-state index is -0.328. The van der Waals surface area contributed by atoms with E-state index in [9.17, 15) is 4.79 Å². The lowest BCUT2D eigenvalue weighted by molar-refractivity contribution is -0.132. The van der Waals surface area contributed by atoms with Crippen LogP contribution in [-0.4, -0.2) is 32.1 Å². The summed E-state index contributed by atoms with van der Waals surface area (Å²) >= 11 is 0. The molecule has 1 aliphatic rings. The van der Waals surface area contributed by atoms with Gasteiger partial charge in [-0.1, -0.05) is 0 Å². The Morgan fingerprint density at radius 2 is 2.10 bits per heavy atom. The maximum absolute atomic E-state index is 11.4. The Morgan fingerprint density at radius 1 is 1.43 bits per heavy atom. The molecule has 0 saturated carbocycles. The molecule has 0 aliphatic carbocycles. The number of rotatable bonds is 6. The van der Waals surface area contributed by atoms with E-state index < -0.39 is 0 Å². The van der Waals surface area contributed by atoms with Crippen LogP contribution in [0.5, 0.6) is 11.5 Å². The zero-order valence-electron chi connectivity index (χ0n) is 13.2. The highest BCUT2D eigenvalue weighted by molar-refractivity contribution is 5.71. The fourth-order valence-corrected chi connectivity index (χ4v) is 2.30. The number of hydrogen-bond acceptors (Lipinski definition) is 5. The SMILES string of the molecule is COCOc1cc(C)c(OC(C)=O)c(CC2(C)CO2)c1C. The number of ether oxygens (including phenoxy) is 4. The molecule has 116 valence electrons. The minimum absolute atomic E-state index is 0.175. The van der Waals surface area contributed by atoms with E-state index in [2.05, 4.69) is 0 Å². The van der Waals surface area contributed by atoms with Gasteiger partial charge in [0.1, 0.15) is 11.5 Å². The van der Waals surface area contributed by atoms with Crippen molar-refractivity contribution in [2.24, 2.45) is 0 Å². The molecular weight excluding hydrogens is 272 g/mol. The van der Waals surface area contributed by atoms with Gasteiger partial charge in [-0.2, -0.15) is 0 Å². The summed E-state index contributed by atoms with van der Waals surface area (Å²) in [5.41, 5.74) is 2.59. The molecule has 0 spiro atoms. The van der Waals surface area contributed by atoms with Gasteiger partial charge in [-0.15, -0.1) is 0 Å². The fourth-order valence-electron chi connectivity index (χ4n) is 2.30. The maximum atomic E-state index is 11.4. The predicted octanol–water partition coefficient (Wildman–Crippen LogP) is 2.54. The zero-order valence-corrected chi connectivity index (χ0v) is 13.2. The Labute approximate surface area is 125 Å². The molecule has 0 N–H and O–H groups in total. The van der Waals surface area contributed by atoms with Crippen molar-refractivity contribution in [2.45, 2.75) is 39.7 Å². The smallest absolute Gasteiger partial charge is 0.308 e. The number of benzene rings is 1. The van der Waals surface area contributed by atoms with Crippen LogP contribution in [0.2, 0.25) is 0 Å². The van der Waals surface area contributed by atoms with E-state index in [0.717, 1.165) is 22.4 Å². The standard InChI is InChI=1S/C16H22O5/c1-10-6-14(19-9-18-5)11(2)13(7-16(4)8-20-16)15(10)21-12(3)17/h6H,7-9H2,1-5H3. The number of esters is 1. The van der Waals surface area contributed by atoms with Crippen LogP contribution in [0, 0.1) is 13.8 Å². The van der Waals surface area contributed by atoms with Gasteiger partial charge in [0.2, 0.25) is 0 Å². The summed E-state index contributed by atoms with van der Waals surface area (Å²) in [5, 5.41) is 0. The first-order valence-corrected chi connectivity index (χ1v) is 6.93. The number of carbonyl (C=O) groups is 1. The van der Waals surface area contributed by atoms with E-state index in [1.54, 1.807) is 7.11 Å². The molecule has 1 aromatic carbocycles. The van der Waals surface area contributed by atoms with Crippen LogP contribution in [0.15, 0.2) is 6.07 Å². The van der Waals surface area contributed by atoms with Gasteiger partial charge in [0.05, 0.1) is 12.2 Å². The molecule has 1 unspecified atom stereocenters. The largest absolute Gasteiger partial charge is 0.467 e. The van der Waals surface area contributed by atoms with Crippen molar-refractivity contribution in [3.8, 4) is 11.5 Å². The second kappa shape index (κ2) is 6.03. The highest BCUT2D eigenvalue weighted by atomic mass is 16.7. The van der Waals surface area contributed by atoms with E-state index in [1.165, 1.54) is 6.92 Å². The molecule has 1 aliphatic heterocycles. The summed E-state index contributed by atoms with van der Waals surface area (Å²) in [6.07, 6.45) is 0.687. The van der Waals surface area contributed by atoms with Gasteiger partial charge in [-0.25, -0.2) is 0 Å². The summed E-state index contributed by atoms with van der Waals surface area (Å²) < 4.78 is 21.4. The minimum Gasteiger partial charge on any atom is -0.467 e. The molecule has 21 heavy (non-hydrogen) atoms. The van der Waals surface area contributed by atoms with Gasteiger partial charge in [0, 0.05) is 26.0 Å². The highest BCUT2D eigenvalue weighted by Crippen LogP contribution is 2.40. The average Bonchev–Trinajstić information content (AvgIpc) is 3.14. The van der Waals surface area contributed by atoms with Crippen LogP contribution in [0.4, 0.5) is 0 Å². The molecule has 1 heterocycles. The lowest BCUT2D eigenvalue weighted by Crippen LogP contribution is -2.15. The summed E-state index contributed by atoms with van der Waals surface area (Å²) in [5.74, 6) is 1.03. The van der Waals surface area contributed by atoms with Crippen LogP contribution in [0.25, 0.3) is 0 Å². The van der Waals surface area contributed by atoms with E-state index in [0.29, 0.717) is 18.8 Å². The molecule has 0 amide bonds. The Balaban J connectivity index is 2.42. The third-order valence-corrected chi connectivity index (χ3v) is 3.57. The second-order valence-electron chi connectivity index (χ2n) is 5.68.